The van der Waals surface area contributed by atoms with E-state index in [9.17, 15) is 9.59 Å². The number of amides is 2. The maximum Gasteiger partial charge on any atom is 0.255 e. The number of benzene rings is 1. The van der Waals surface area contributed by atoms with E-state index in [-0.39, 0.29) is 23.3 Å². The number of methoxy groups -OCH3 is 1. The zero-order valence-electron chi connectivity index (χ0n) is 21.6. The van der Waals surface area contributed by atoms with E-state index in [1.54, 1.807) is 25.6 Å². The number of carbonyl (C=O) groups excluding carboxylic acids is 2. The summed E-state index contributed by atoms with van der Waals surface area (Å²) in [6.45, 7) is 4.94. The number of rotatable bonds is 5. The van der Waals surface area contributed by atoms with Crippen LogP contribution in [0.25, 0.3) is 11.3 Å². The second-order valence-corrected chi connectivity index (χ2v) is 10.7. The molecule has 9 heteroatoms. The van der Waals surface area contributed by atoms with Crippen LogP contribution in [0.4, 0.5) is 11.4 Å². The van der Waals surface area contributed by atoms with Gasteiger partial charge in [-0.15, -0.1) is 0 Å². The highest BCUT2D eigenvalue weighted by Crippen LogP contribution is 2.54. The van der Waals surface area contributed by atoms with E-state index in [4.69, 9.17) is 16.3 Å². The Labute approximate surface area is 231 Å². The van der Waals surface area contributed by atoms with Crippen molar-refractivity contribution < 1.29 is 14.3 Å². The Balaban J connectivity index is 1.43. The molecule has 0 unspecified atom stereocenters. The number of para-hydroxylation sites is 1. The number of nitrogens with one attached hydrogen (secondary N) is 3. The van der Waals surface area contributed by atoms with Gasteiger partial charge < -0.3 is 25.3 Å². The maximum atomic E-state index is 13.0. The number of likely N-dealkylation sites (tertiary alicyclic amines) is 1. The lowest BCUT2D eigenvalue weighted by Gasteiger charge is -2.18. The minimum atomic E-state index is -0.179. The molecule has 3 aromatic rings. The number of anilines is 2. The number of ether oxygens (including phenoxy) is 1. The van der Waals surface area contributed by atoms with E-state index in [1.165, 1.54) is 6.08 Å². The number of hydrogen-bond acceptors (Lipinski definition) is 5. The number of carbonyl (C=O) groups is 2. The molecular formula is C30H28ClN5O3. The summed E-state index contributed by atoms with van der Waals surface area (Å²) < 4.78 is 5.54. The van der Waals surface area contributed by atoms with Gasteiger partial charge in [0.1, 0.15) is 0 Å². The van der Waals surface area contributed by atoms with Gasteiger partial charge in [-0.2, -0.15) is 0 Å². The number of aromatic amines is 1. The van der Waals surface area contributed by atoms with Crippen molar-refractivity contribution >= 4 is 34.8 Å². The van der Waals surface area contributed by atoms with Crippen molar-refractivity contribution in [1.82, 2.24) is 20.2 Å². The zero-order chi connectivity index (χ0) is 27.1. The Hall–Kier alpha value is -4.22. The van der Waals surface area contributed by atoms with E-state index in [2.05, 4.69) is 39.0 Å². The zero-order valence-corrected chi connectivity index (χ0v) is 22.3. The molecule has 2 aliphatic heterocycles. The molecule has 3 N–H and O–H groups in total. The number of pyridine rings is 1. The van der Waals surface area contributed by atoms with E-state index in [0.717, 1.165) is 42.8 Å². The molecule has 1 atom stereocenters. The van der Waals surface area contributed by atoms with Gasteiger partial charge in [0.2, 0.25) is 5.91 Å². The number of aromatic nitrogens is 2. The summed E-state index contributed by atoms with van der Waals surface area (Å²) in [6, 6.07) is 7.11. The summed E-state index contributed by atoms with van der Waals surface area (Å²) in [4.78, 5) is 35.2. The molecule has 2 aromatic heterocycles. The summed E-state index contributed by atoms with van der Waals surface area (Å²) in [7, 11) is 1.55. The molecule has 1 aromatic carbocycles. The molecular weight excluding hydrogens is 514 g/mol. The molecule has 0 bridgehead atoms. The molecule has 1 aliphatic carbocycles. The normalized spacial score (nSPS) is 18.6. The van der Waals surface area contributed by atoms with Gasteiger partial charge in [0.05, 0.1) is 46.4 Å². The highest BCUT2D eigenvalue weighted by atomic mass is 35.5. The molecule has 2 fully saturated rings. The maximum absolute atomic E-state index is 13.0. The molecule has 1 spiro atoms. The van der Waals surface area contributed by atoms with Crippen LogP contribution in [0.5, 0.6) is 5.75 Å². The lowest BCUT2D eigenvalue weighted by Crippen LogP contribution is -2.33. The Kier molecular flexibility index (Phi) is 6.32. The molecule has 8 nitrogen and oxygen atoms in total. The molecule has 6 rings (SSSR count). The van der Waals surface area contributed by atoms with Crippen LogP contribution in [-0.4, -0.2) is 52.9 Å². The largest absolute Gasteiger partial charge is 0.493 e. The molecule has 39 heavy (non-hydrogen) atoms. The standard InChI is InChI=1S/C30H28ClN5O3/c1-3-24(37)36-17-30(11-12-30)15-19(36)8-7-18-16-32-13-9-20(18)26-27(25-22(34-26)10-14-33-29(25)38)35-23-6-4-5-21(31)28(23)39-2/h3-6,9,13,16,19,34-35H,1,10-12,14-15,17H2,2H3,(H,33,38)/t19-/m0/s1. The molecule has 0 radical (unpaired) electrons. The topological polar surface area (TPSA) is 99.3 Å². The van der Waals surface area contributed by atoms with Crippen LogP contribution in [0.3, 0.4) is 0 Å². The number of H-pyrrole nitrogens is 1. The number of halogens is 1. The summed E-state index contributed by atoms with van der Waals surface area (Å²) >= 11 is 6.38. The first-order valence-electron chi connectivity index (χ1n) is 12.9. The van der Waals surface area contributed by atoms with Crippen LogP contribution in [-0.2, 0) is 11.2 Å². The molecule has 1 saturated carbocycles. The third-order valence-corrected chi connectivity index (χ3v) is 8.08. The Morgan fingerprint density at radius 1 is 1.36 bits per heavy atom. The predicted octanol–water partition coefficient (Wildman–Crippen LogP) is 4.69. The van der Waals surface area contributed by atoms with E-state index in [0.29, 0.717) is 46.2 Å². The van der Waals surface area contributed by atoms with Crippen molar-refractivity contribution in [3.63, 3.8) is 0 Å². The van der Waals surface area contributed by atoms with E-state index < -0.39 is 0 Å². The fourth-order valence-electron chi connectivity index (χ4n) is 5.60. The second-order valence-electron chi connectivity index (χ2n) is 10.3. The Morgan fingerprint density at radius 3 is 2.97 bits per heavy atom. The average molecular weight is 542 g/mol. The first-order chi connectivity index (χ1) is 18.9. The molecule has 4 heterocycles. The summed E-state index contributed by atoms with van der Waals surface area (Å²) in [5.74, 6) is 6.89. The van der Waals surface area contributed by atoms with Crippen molar-refractivity contribution in [2.75, 3.05) is 25.5 Å². The van der Waals surface area contributed by atoms with Crippen LogP contribution < -0.4 is 15.4 Å². The molecule has 3 aliphatic rings. The van der Waals surface area contributed by atoms with Gasteiger partial charge in [-0.3, -0.25) is 14.6 Å². The molecule has 1 saturated heterocycles. The van der Waals surface area contributed by atoms with Crippen molar-refractivity contribution in [2.24, 2.45) is 5.41 Å². The summed E-state index contributed by atoms with van der Waals surface area (Å²) in [5, 5.41) is 6.80. The fourth-order valence-corrected chi connectivity index (χ4v) is 5.85. The molecule has 2 amide bonds. The van der Waals surface area contributed by atoms with Crippen LogP contribution in [0, 0.1) is 17.3 Å². The SMILES string of the molecule is C=CC(=O)N1CC2(CC2)C[C@@H]1C#Cc1cnccc1-c1[nH]c2c(c1Nc1cccc(Cl)c1OC)C(=O)NCC2. The smallest absolute Gasteiger partial charge is 0.255 e. The Morgan fingerprint density at radius 2 is 2.21 bits per heavy atom. The van der Waals surface area contributed by atoms with Gasteiger partial charge in [-0.25, -0.2) is 0 Å². The number of nitrogens with zero attached hydrogens (tertiary/aromatic N) is 2. The number of hydrogen-bond donors (Lipinski definition) is 3. The van der Waals surface area contributed by atoms with Gasteiger partial charge in [-0.05, 0) is 49.0 Å². The van der Waals surface area contributed by atoms with Gasteiger partial charge >= 0.3 is 0 Å². The second kappa shape index (κ2) is 9.83. The monoisotopic (exact) mass is 541 g/mol. The van der Waals surface area contributed by atoms with Crippen molar-refractivity contribution in [3.8, 4) is 28.8 Å². The first kappa shape index (κ1) is 25.1. The molecule has 198 valence electrons. The van der Waals surface area contributed by atoms with Crippen molar-refractivity contribution in [2.45, 2.75) is 31.7 Å². The lowest BCUT2D eigenvalue weighted by molar-refractivity contribution is -0.126. The Bertz CT molecular complexity index is 1560. The third kappa shape index (κ3) is 4.53. The van der Waals surface area contributed by atoms with Crippen LogP contribution in [0.15, 0.2) is 49.3 Å². The van der Waals surface area contributed by atoms with Crippen LogP contribution >= 0.6 is 11.6 Å². The van der Waals surface area contributed by atoms with Crippen molar-refractivity contribution in [1.29, 1.82) is 0 Å². The third-order valence-electron chi connectivity index (χ3n) is 7.78. The van der Waals surface area contributed by atoms with Gasteiger partial charge in [0.25, 0.3) is 5.91 Å². The van der Waals surface area contributed by atoms with Gasteiger partial charge in [-0.1, -0.05) is 36.1 Å². The van der Waals surface area contributed by atoms with Crippen LogP contribution in [0.1, 0.15) is 40.9 Å². The summed E-state index contributed by atoms with van der Waals surface area (Å²) in [6.07, 6.45) is 8.57. The highest BCUT2D eigenvalue weighted by molar-refractivity contribution is 6.32. The minimum absolute atomic E-state index is 0.0884. The highest BCUT2D eigenvalue weighted by Gasteiger charge is 2.52. The summed E-state index contributed by atoms with van der Waals surface area (Å²) in [5.41, 5.74) is 5.03. The fraction of sp³-hybridized carbons (Fsp3) is 0.300. The van der Waals surface area contributed by atoms with Crippen LogP contribution in [0.2, 0.25) is 5.02 Å². The lowest BCUT2D eigenvalue weighted by atomic mass is 10.0. The minimum Gasteiger partial charge on any atom is -0.493 e. The van der Waals surface area contributed by atoms with E-state index >= 15 is 0 Å². The van der Waals surface area contributed by atoms with Crippen molar-refractivity contribution in [3.05, 3.63) is 71.2 Å². The predicted molar refractivity (Wildman–Crippen MR) is 150 cm³/mol. The number of fused-ring (bicyclic) bond motifs is 1. The average Bonchev–Trinajstić information content (AvgIpc) is 3.45. The first-order valence-corrected chi connectivity index (χ1v) is 13.3. The van der Waals surface area contributed by atoms with Gasteiger partial charge in [0, 0.05) is 43.2 Å². The van der Waals surface area contributed by atoms with Gasteiger partial charge in [0.15, 0.2) is 5.75 Å². The quantitative estimate of drug-likeness (QED) is 0.321. The van der Waals surface area contributed by atoms with E-state index in [1.807, 2.05) is 23.1 Å².